The Balaban J connectivity index is 1.80. The Labute approximate surface area is 157 Å². The van der Waals surface area contributed by atoms with Crippen LogP contribution in [0.25, 0.3) is 11.0 Å². The normalized spacial score (nSPS) is 11.0. The van der Waals surface area contributed by atoms with Crippen LogP contribution in [0.5, 0.6) is 0 Å². The zero-order chi connectivity index (χ0) is 18.4. The van der Waals surface area contributed by atoms with Gasteiger partial charge in [0.2, 0.25) is 5.91 Å². The van der Waals surface area contributed by atoms with Crippen molar-refractivity contribution >= 4 is 28.5 Å². The molecule has 136 valence electrons. The molecule has 0 unspecified atom stereocenters. The van der Waals surface area contributed by atoms with Crippen LogP contribution in [0.1, 0.15) is 17.8 Å². The van der Waals surface area contributed by atoms with Crippen LogP contribution in [0.2, 0.25) is 5.02 Å². The molecule has 0 aliphatic carbocycles. The fraction of sp³-hybridized carbons (Fsp3) is 0.300. The van der Waals surface area contributed by atoms with Crippen molar-refractivity contribution in [3.63, 3.8) is 0 Å². The number of halogens is 1. The van der Waals surface area contributed by atoms with Gasteiger partial charge in [0, 0.05) is 31.7 Å². The molecular formula is C20H22ClN3O2. The quantitative estimate of drug-likeness (QED) is 0.617. The molecule has 1 aromatic heterocycles. The van der Waals surface area contributed by atoms with E-state index in [0.717, 1.165) is 28.8 Å². The summed E-state index contributed by atoms with van der Waals surface area (Å²) >= 11 is 5.97. The van der Waals surface area contributed by atoms with E-state index in [2.05, 4.69) is 5.32 Å². The fourth-order valence-corrected chi connectivity index (χ4v) is 2.99. The summed E-state index contributed by atoms with van der Waals surface area (Å²) in [6, 6.07) is 15.6. The third-order valence-electron chi connectivity index (χ3n) is 4.16. The third-order valence-corrected chi connectivity index (χ3v) is 4.41. The van der Waals surface area contributed by atoms with Gasteiger partial charge in [0.25, 0.3) is 0 Å². The molecule has 0 atom stereocenters. The summed E-state index contributed by atoms with van der Waals surface area (Å²) in [7, 11) is 1.66. The van der Waals surface area contributed by atoms with Gasteiger partial charge in [-0.15, -0.1) is 0 Å². The Kier molecular flexibility index (Phi) is 6.26. The fourth-order valence-electron chi connectivity index (χ4n) is 2.87. The molecule has 3 rings (SSSR count). The zero-order valence-electron chi connectivity index (χ0n) is 14.7. The lowest BCUT2D eigenvalue weighted by molar-refractivity contribution is -0.121. The van der Waals surface area contributed by atoms with Gasteiger partial charge >= 0.3 is 0 Å². The molecule has 1 heterocycles. The van der Waals surface area contributed by atoms with Crippen molar-refractivity contribution in [3.8, 4) is 0 Å². The number of imidazole rings is 1. The summed E-state index contributed by atoms with van der Waals surface area (Å²) in [6.07, 6.45) is 1.44. The van der Waals surface area contributed by atoms with Crippen molar-refractivity contribution in [2.45, 2.75) is 19.4 Å². The van der Waals surface area contributed by atoms with Gasteiger partial charge in [-0.25, -0.2) is 4.98 Å². The van der Waals surface area contributed by atoms with E-state index in [1.807, 2.05) is 53.1 Å². The topological polar surface area (TPSA) is 56.1 Å². The average molecular weight is 372 g/mol. The number of aromatic nitrogens is 2. The number of para-hydroxylation sites is 2. The van der Waals surface area contributed by atoms with Gasteiger partial charge < -0.3 is 14.6 Å². The highest BCUT2D eigenvalue weighted by molar-refractivity contribution is 6.30. The largest absolute Gasteiger partial charge is 0.385 e. The summed E-state index contributed by atoms with van der Waals surface area (Å²) in [5.74, 6) is 0.835. The third kappa shape index (κ3) is 4.62. The molecule has 2 aromatic carbocycles. The average Bonchev–Trinajstić information content (AvgIpc) is 2.98. The van der Waals surface area contributed by atoms with E-state index in [1.165, 1.54) is 0 Å². The number of hydrogen-bond acceptors (Lipinski definition) is 3. The molecule has 0 saturated heterocycles. The van der Waals surface area contributed by atoms with E-state index in [-0.39, 0.29) is 12.5 Å². The van der Waals surface area contributed by atoms with Gasteiger partial charge in [-0.3, -0.25) is 4.79 Å². The molecule has 0 fully saturated rings. The number of benzene rings is 2. The van der Waals surface area contributed by atoms with E-state index in [9.17, 15) is 4.79 Å². The van der Waals surface area contributed by atoms with Gasteiger partial charge in [0.15, 0.2) is 0 Å². The molecule has 0 aliphatic rings. The summed E-state index contributed by atoms with van der Waals surface area (Å²) in [4.78, 5) is 17.1. The smallest absolute Gasteiger partial charge is 0.240 e. The molecule has 0 saturated carbocycles. The molecule has 0 spiro atoms. The number of rotatable bonds is 8. The van der Waals surface area contributed by atoms with E-state index in [4.69, 9.17) is 21.3 Å². The van der Waals surface area contributed by atoms with Crippen LogP contribution in [0.3, 0.4) is 0 Å². The van der Waals surface area contributed by atoms with Crippen molar-refractivity contribution in [3.05, 3.63) is 64.9 Å². The van der Waals surface area contributed by atoms with Gasteiger partial charge in [-0.2, -0.15) is 0 Å². The first-order chi connectivity index (χ1) is 12.7. The lowest BCUT2D eigenvalue weighted by Crippen LogP contribution is -2.29. The lowest BCUT2D eigenvalue weighted by atomic mass is 10.1. The van der Waals surface area contributed by atoms with Crippen LogP contribution in [-0.4, -0.2) is 35.7 Å². The number of amides is 1. The van der Waals surface area contributed by atoms with E-state index in [1.54, 1.807) is 7.11 Å². The van der Waals surface area contributed by atoms with E-state index < -0.39 is 0 Å². The second-order valence-corrected chi connectivity index (χ2v) is 6.54. The molecule has 26 heavy (non-hydrogen) atoms. The highest BCUT2D eigenvalue weighted by atomic mass is 35.5. The van der Waals surface area contributed by atoms with Crippen LogP contribution in [-0.2, 0) is 22.5 Å². The maximum Gasteiger partial charge on any atom is 0.240 e. The molecular weight excluding hydrogens is 350 g/mol. The molecule has 3 aromatic rings. The summed E-state index contributed by atoms with van der Waals surface area (Å²) in [5, 5.41) is 3.64. The van der Waals surface area contributed by atoms with Crippen LogP contribution in [0.4, 0.5) is 0 Å². The molecule has 0 radical (unpaired) electrons. The van der Waals surface area contributed by atoms with Crippen molar-refractivity contribution in [2.75, 3.05) is 20.3 Å². The minimum atomic E-state index is -0.0263. The van der Waals surface area contributed by atoms with Gasteiger partial charge in [0.1, 0.15) is 12.4 Å². The highest BCUT2D eigenvalue weighted by Gasteiger charge is 2.14. The molecule has 6 heteroatoms. The van der Waals surface area contributed by atoms with Crippen LogP contribution < -0.4 is 5.32 Å². The standard InChI is InChI=1S/C20H22ClN3O2/c1-26-12-4-11-22-20(25)14-24-18-6-3-2-5-17(18)23-19(24)13-15-7-9-16(21)10-8-15/h2-3,5-10H,4,11-14H2,1H3,(H,22,25). The lowest BCUT2D eigenvalue weighted by Gasteiger charge is -2.10. The van der Waals surface area contributed by atoms with Gasteiger partial charge in [-0.05, 0) is 36.2 Å². The number of nitrogens with one attached hydrogen (secondary N) is 1. The van der Waals surface area contributed by atoms with Crippen molar-refractivity contribution in [2.24, 2.45) is 0 Å². The first-order valence-electron chi connectivity index (χ1n) is 8.61. The summed E-state index contributed by atoms with van der Waals surface area (Å²) in [5.41, 5.74) is 2.96. The predicted octanol–water partition coefficient (Wildman–Crippen LogP) is 3.43. The maximum atomic E-state index is 12.3. The highest BCUT2D eigenvalue weighted by Crippen LogP contribution is 2.19. The SMILES string of the molecule is COCCCNC(=O)Cn1c(Cc2ccc(Cl)cc2)nc2ccccc21. The zero-order valence-corrected chi connectivity index (χ0v) is 15.5. The minimum Gasteiger partial charge on any atom is -0.385 e. The number of fused-ring (bicyclic) bond motifs is 1. The first kappa shape index (κ1) is 18.4. The Hall–Kier alpha value is -2.37. The Morgan fingerprint density at radius 3 is 2.73 bits per heavy atom. The van der Waals surface area contributed by atoms with E-state index in [0.29, 0.717) is 24.6 Å². The van der Waals surface area contributed by atoms with Crippen LogP contribution >= 0.6 is 11.6 Å². The number of nitrogens with zero attached hydrogens (tertiary/aromatic N) is 2. The van der Waals surface area contributed by atoms with Crippen molar-refractivity contribution in [1.82, 2.24) is 14.9 Å². The first-order valence-corrected chi connectivity index (χ1v) is 8.99. The molecule has 5 nitrogen and oxygen atoms in total. The maximum absolute atomic E-state index is 12.3. The summed E-state index contributed by atoms with van der Waals surface area (Å²) < 4.78 is 6.99. The molecule has 1 N–H and O–H groups in total. The van der Waals surface area contributed by atoms with Gasteiger partial charge in [0.05, 0.1) is 11.0 Å². The molecule has 0 aliphatic heterocycles. The molecule has 1 amide bonds. The Morgan fingerprint density at radius 1 is 1.19 bits per heavy atom. The van der Waals surface area contributed by atoms with Crippen molar-refractivity contribution in [1.29, 1.82) is 0 Å². The van der Waals surface area contributed by atoms with Crippen LogP contribution in [0.15, 0.2) is 48.5 Å². The minimum absolute atomic E-state index is 0.0263. The summed E-state index contributed by atoms with van der Waals surface area (Å²) in [6.45, 7) is 1.48. The number of hydrogen-bond donors (Lipinski definition) is 1. The number of ether oxygens (including phenoxy) is 1. The number of carbonyl (C=O) groups excluding carboxylic acids is 1. The Bertz CT molecular complexity index is 874. The van der Waals surface area contributed by atoms with Crippen molar-refractivity contribution < 1.29 is 9.53 Å². The predicted molar refractivity (Wildman–Crippen MR) is 103 cm³/mol. The number of carbonyl (C=O) groups is 1. The second-order valence-electron chi connectivity index (χ2n) is 6.10. The molecule has 0 bridgehead atoms. The monoisotopic (exact) mass is 371 g/mol. The second kappa shape index (κ2) is 8.83. The van der Waals surface area contributed by atoms with E-state index >= 15 is 0 Å². The Morgan fingerprint density at radius 2 is 1.96 bits per heavy atom. The number of methoxy groups -OCH3 is 1. The van der Waals surface area contributed by atoms with Crippen LogP contribution in [0, 0.1) is 0 Å². The van der Waals surface area contributed by atoms with Gasteiger partial charge in [-0.1, -0.05) is 35.9 Å².